The summed E-state index contributed by atoms with van der Waals surface area (Å²) in [5.41, 5.74) is 7.09. The molecule has 0 fully saturated rings. The number of hydrogen-bond donors (Lipinski definition) is 0. The number of aliphatic imine (C=N–C) groups is 1. The third-order valence-electron chi connectivity index (χ3n) is 3.64. The summed E-state index contributed by atoms with van der Waals surface area (Å²) >= 11 is 0. The van der Waals surface area contributed by atoms with Gasteiger partial charge in [0.25, 0.3) is 0 Å². The molecule has 2 aliphatic rings. The fourth-order valence-corrected chi connectivity index (χ4v) is 2.70. The number of nitrogens with zero attached hydrogens (tertiary/aromatic N) is 1. The molecule has 2 aliphatic carbocycles. The second-order valence-corrected chi connectivity index (χ2v) is 4.92. The van der Waals surface area contributed by atoms with Gasteiger partial charge in [-0.25, -0.2) is 4.99 Å². The Balaban J connectivity index is 1.82. The van der Waals surface area contributed by atoms with Gasteiger partial charge in [-0.15, -0.1) is 0 Å². The van der Waals surface area contributed by atoms with Crippen molar-refractivity contribution in [3.8, 4) is 0 Å². The Labute approximate surface area is 118 Å². The highest BCUT2D eigenvalue weighted by Crippen LogP contribution is 2.38. The predicted octanol–water partition coefficient (Wildman–Crippen LogP) is 4.81. The topological polar surface area (TPSA) is 12.4 Å². The maximum Gasteiger partial charge on any atom is 0.0715 e. The van der Waals surface area contributed by atoms with Gasteiger partial charge < -0.3 is 0 Å². The molecule has 0 aliphatic heterocycles. The summed E-state index contributed by atoms with van der Waals surface area (Å²) in [4.78, 5) is 4.76. The van der Waals surface area contributed by atoms with Gasteiger partial charge >= 0.3 is 0 Å². The molecule has 0 bridgehead atoms. The molecule has 4 rings (SSSR count). The zero-order chi connectivity index (χ0) is 13.4. The van der Waals surface area contributed by atoms with E-state index in [1.807, 2.05) is 30.3 Å². The molecule has 0 radical (unpaired) electrons. The molecule has 0 unspecified atom stereocenters. The van der Waals surface area contributed by atoms with Crippen molar-refractivity contribution in [2.24, 2.45) is 4.99 Å². The molecule has 0 heterocycles. The Bertz CT molecular complexity index is 790. The van der Waals surface area contributed by atoms with Crippen LogP contribution < -0.4 is 0 Å². The molecule has 0 N–H and O–H groups in total. The van der Waals surface area contributed by atoms with Gasteiger partial charge in [-0.3, -0.25) is 0 Å². The molecule has 0 saturated carbocycles. The number of para-hydroxylation sites is 1. The van der Waals surface area contributed by atoms with Crippen LogP contribution in [0.5, 0.6) is 0 Å². The molecule has 94 valence electrons. The van der Waals surface area contributed by atoms with Gasteiger partial charge in [-0.2, -0.15) is 0 Å². The van der Waals surface area contributed by atoms with E-state index in [9.17, 15) is 0 Å². The van der Waals surface area contributed by atoms with Crippen molar-refractivity contribution in [3.63, 3.8) is 0 Å². The lowest BCUT2D eigenvalue weighted by Crippen LogP contribution is -2.01. The molecule has 0 amide bonds. The molecule has 2 aromatic rings. The summed E-state index contributed by atoms with van der Waals surface area (Å²) in [5, 5.41) is 0. The Hall–Kier alpha value is -2.67. The Morgan fingerprint density at radius 2 is 1.55 bits per heavy atom. The highest BCUT2D eigenvalue weighted by Gasteiger charge is 2.22. The molecule has 0 atom stereocenters. The standard InChI is InChI=1S/C19H13N/c1-2-8-15(9-3-1)20-19-12-6-11-17-16-10-5-4-7-14(16)13-18(17)19/h1-13H. The lowest BCUT2D eigenvalue weighted by atomic mass is 9.95. The second kappa shape index (κ2) is 4.46. The molecule has 2 aromatic carbocycles. The monoisotopic (exact) mass is 255 g/mol. The van der Waals surface area contributed by atoms with Crippen molar-refractivity contribution in [1.82, 2.24) is 0 Å². The maximum absolute atomic E-state index is 4.76. The van der Waals surface area contributed by atoms with E-state index in [0.717, 1.165) is 11.4 Å². The third-order valence-corrected chi connectivity index (χ3v) is 3.64. The molecule has 20 heavy (non-hydrogen) atoms. The number of rotatable bonds is 1. The number of hydrogen-bond acceptors (Lipinski definition) is 1. The van der Waals surface area contributed by atoms with E-state index in [1.54, 1.807) is 0 Å². The van der Waals surface area contributed by atoms with E-state index in [1.165, 1.54) is 22.3 Å². The lowest BCUT2D eigenvalue weighted by molar-refractivity contribution is 1.51. The van der Waals surface area contributed by atoms with Crippen LogP contribution in [0.1, 0.15) is 11.1 Å². The average Bonchev–Trinajstić information content (AvgIpc) is 2.88. The minimum atomic E-state index is 0.991. The summed E-state index contributed by atoms with van der Waals surface area (Å²) < 4.78 is 0. The molecule has 1 nitrogen and oxygen atoms in total. The second-order valence-electron chi connectivity index (χ2n) is 4.92. The van der Waals surface area contributed by atoms with E-state index in [-0.39, 0.29) is 0 Å². The Morgan fingerprint density at radius 1 is 0.750 bits per heavy atom. The Morgan fingerprint density at radius 3 is 2.45 bits per heavy atom. The van der Waals surface area contributed by atoms with Crippen molar-refractivity contribution in [2.45, 2.75) is 0 Å². The fourth-order valence-electron chi connectivity index (χ4n) is 2.70. The van der Waals surface area contributed by atoms with Crippen LogP contribution in [-0.4, -0.2) is 5.71 Å². The minimum Gasteiger partial charge on any atom is -0.248 e. The first-order valence-corrected chi connectivity index (χ1v) is 6.76. The molecular weight excluding hydrogens is 242 g/mol. The summed E-state index contributed by atoms with van der Waals surface area (Å²) in [6.07, 6.45) is 8.55. The highest BCUT2D eigenvalue weighted by molar-refractivity contribution is 6.26. The third kappa shape index (κ3) is 1.76. The van der Waals surface area contributed by atoms with Crippen molar-refractivity contribution < 1.29 is 0 Å². The smallest absolute Gasteiger partial charge is 0.0715 e. The van der Waals surface area contributed by atoms with Crippen LogP contribution in [0, 0.1) is 0 Å². The van der Waals surface area contributed by atoms with Gasteiger partial charge in [-0.1, -0.05) is 54.6 Å². The summed E-state index contributed by atoms with van der Waals surface area (Å²) in [7, 11) is 0. The van der Waals surface area contributed by atoms with Crippen molar-refractivity contribution in [1.29, 1.82) is 0 Å². The first-order chi connectivity index (χ1) is 9.92. The number of fused-ring (bicyclic) bond motifs is 3. The van der Waals surface area contributed by atoms with Crippen LogP contribution in [0.3, 0.4) is 0 Å². The first-order valence-electron chi connectivity index (χ1n) is 6.76. The summed E-state index contributed by atoms with van der Waals surface area (Å²) in [6.45, 7) is 0. The zero-order valence-corrected chi connectivity index (χ0v) is 11.0. The van der Waals surface area contributed by atoms with E-state index in [0.29, 0.717) is 0 Å². The van der Waals surface area contributed by atoms with Crippen LogP contribution in [0.2, 0.25) is 0 Å². The normalized spacial score (nSPS) is 17.5. The largest absolute Gasteiger partial charge is 0.248 e. The fraction of sp³-hybridized carbons (Fsp3) is 0. The molecule has 0 spiro atoms. The van der Waals surface area contributed by atoms with Gasteiger partial charge in [0, 0.05) is 5.57 Å². The summed E-state index contributed by atoms with van der Waals surface area (Å²) in [5.74, 6) is 0. The van der Waals surface area contributed by atoms with Gasteiger partial charge in [-0.05, 0) is 41.0 Å². The van der Waals surface area contributed by atoms with Crippen LogP contribution in [0.25, 0.3) is 11.6 Å². The van der Waals surface area contributed by atoms with Crippen LogP contribution in [0.15, 0.2) is 83.4 Å². The SMILES string of the molecule is C1=CC(=Nc2ccccc2)C2=Cc3ccccc3C2=C1. The average molecular weight is 255 g/mol. The predicted molar refractivity (Wildman–Crippen MR) is 85.1 cm³/mol. The van der Waals surface area contributed by atoms with E-state index in [2.05, 4.69) is 48.6 Å². The number of allylic oxidation sites excluding steroid dienone is 5. The van der Waals surface area contributed by atoms with E-state index in [4.69, 9.17) is 4.99 Å². The van der Waals surface area contributed by atoms with Crippen LogP contribution in [0.4, 0.5) is 5.69 Å². The first kappa shape index (κ1) is 11.2. The van der Waals surface area contributed by atoms with E-state index < -0.39 is 0 Å². The number of benzene rings is 2. The zero-order valence-electron chi connectivity index (χ0n) is 11.0. The Kier molecular flexibility index (Phi) is 2.49. The van der Waals surface area contributed by atoms with Gasteiger partial charge in [0.05, 0.1) is 11.4 Å². The molecule has 0 saturated heterocycles. The molecule has 1 heteroatoms. The minimum absolute atomic E-state index is 0.991. The van der Waals surface area contributed by atoms with Gasteiger partial charge in [0.15, 0.2) is 0 Å². The maximum atomic E-state index is 4.76. The van der Waals surface area contributed by atoms with Gasteiger partial charge in [0.2, 0.25) is 0 Å². The summed E-state index contributed by atoms with van der Waals surface area (Å²) in [6, 6.07) is 18.6. The van der Waals surface area contributed by atoms with Crippen molar-refractivity contribution in [3.05, 3.63) is 89.5 Å². The van der Waals surface area contributed by atoms with Crippen LogP contribution >= 0.6 is 0 Å². The van der Waals surface area contributed by atoms with Crippen molar-refractivity contribution in [2.75, 3.05) is 0 Å². The lowest BCUT2D eigenvalue weighted by Gasteiger charge is -2.11. The molecular formula is C19H13N. The van der Waals surface area contributed by atoms with Gasteiger partial charge in [0.1, 0.15) is 0 Å². The quantitative estimate of drug-likeness (QED) is 0.693. The highest BCUT2D eigenvalue weighted by atomic mass is 14.7. The van der Waals surface area contributed by atoms with Crippen molar-refractivity contribution >= 4 is 23.0 Å². The molecule has 0 aromatic heterocycles. The van der Waals surface area contributed by atoms with Crippen LogP contribution in [-0.2, 0) is 0 Å². The van der Waals surface area contributed by atoms with E-state index >= 15 is 0 Å².